The molecule has 0 amide bonds. The first-order valence-corrected chi connectivity index (χ1v) is 7.53. The van der Waals surface area contributed by atoms with Crippen molar-refractivity contribution in [2.45, 2.75) is 66.2 Å². The quantitative estimate of drug-likeness (QED) is 0.463. The molecule has 0 aromatic heterocycles. The summed E-state index contributed by atoms with van der Waals surface area (Å²) in [4.78, 5) is 21.5. The number of ketones is 1. The molecule has 0 unspecified atom stereocenters. The standard InChI is InChI=1S/C18H28O3/c1-14(10-6-12-16(3)18(20)21)8-5-9-15(2)11-7-13-17(4)19/h8,11-12H,5-7,9-10,13H2,1-4H3,(H,20,21)/b14-8+,15-11+,16-12+. The van der Waals surface area contributed by atoms with Gasteiger partial charge in [0.15, 0.2) is 0 Å². The number of Topliss-reactive ketones (excluding diaryl/α,β-unsaturated/α-hetero) is 1. The molecule has 3 heteroatoms. The molecule has 0 spiro atoms. The van der Waals surface area contributed by atoms with Gasteiger partial charge in [0, 0.05) is 12.0 Å². The van der Waals surface area contributed by atoms with Gasteiger partial charge in [-0.05, 0) is 59.8 Å². The smallest absolute Gasteiger partial charge is 0.330 e. The van der Waals surface area contributed by atoms with Gasteiger partial charge in [-0.3, -0.25) is 0 Å². The monoisotopic (exact) mass is 292 g/mol. The maximum Gasteiger partial charge on any atom is 0.330 e. The first-order valence-electron chi connectivity index (χ1n) is 7.53. The van der Waals surface area contributed by atoms with Crippen LogP contribution in [-0.2, 0) is 9.59 Å². The topological polar surface area (TPSA) is 54.4 Å². The maximum atomic E-state index is 10.8. The Labute approximate surface area is 128 Å². The van der Waals surface area contributed by atoms with E-state index in [9.17, 15) is 9.59 Å². The Morgan fingerprint density at radius 3 is 1.62 bits per heavy atom. The summed E-state index contributed by atoms with van der Waals surface area (Å²) in [5.74, 6) is -0.609. The lowest BCUT2D eigenvalue weighted by Gasteiger charge is -2.01. The van der Waals surface area contributed by atoms with Crippen LogP contribution in [0.25, 0.3) is 0 Å². The second kappa shape index (κ2) is 11.1. The van der Waals surface area contributed by atoms with Crippen molar-refractivity contribution in [1.29, 1.82) is 0 Å². The predicted molar refractivity (Wildman–Crippen MR) is 87.3 cm³/mol. The van der Waals surface area contributed by atoms with Crippen molar-refractivity contribution >= 4 is 11.8 Å². The molecular formula is C18H28O3. The predicted octanol–water partition coefficient (Wildman–Crippen LogP) is 4.84. The van der Waals surface area contributed by atoms with Crippen molar-refractivity contribution in [3.63, 3.8) is 0 Å². The fourth-order valence-electron chi connectivity index (χ4n) is 1.88. The van der Waals surface area contributed by atoms with E-state index < -0.39 is 5.97 Å². The zero-order chi connectivity index (χ0) is 16.3. The second-order valence-electron chi connectivity index (χ2n) is 5.61. The first-order chi connectivity index (χ1) is 9.82. The summed E-state index contributed by atoms with van der Waals surface area (Å²) in [7, 11) is 0. The molecule has 0 radical (unpaired) electrons. The molecule has 0 saturated heterocycles. The van der Waals surface area contributed by atoms with E-state index in [0.29, 0.717) is 12.0 Å². The molecule has 3 nitrogen and oxygen atoms in total. The number of rotatable bonds is 10. The number of carbonyl (C=O) groups is 2. The van der Waals surface area contributed by atoms with Gasteiger partial charge in [-0.2, -0.15) is 0 Å². The number of carbonyl (C=O) groups excluding carboxylic acids is 1. The molecule has 0 aliphatic carbocycles. The molecule has 0 heterocycles. The molecule has 118 valence electrons. The number of aliphatic carboxylic acids is 1. The maximum absolute atomic E-state index is 10.8. The van der Waals surface area contributed by atoms with Crippen LogP contribution in [0.15, 0.2) is 34.9 Å². The van der Waals surface area contributed by atoms with Crippen LogP contribution >= 0.6 is 0 Å². The molecule has 0 rings (SSSR count). The summed E-state index contributed by atoms with van der Waals surface area (Å²) in [6.07, 6.45) is 11.3. The lowest BCUT2D eigenvalue weighted by molar-refractivity contribution is -0.132. The van der Waals surface area contributed by atoms with Crippen molar-refractivity contribution in [2.75, 3.05) is 0 Å². The minimum atomic E-state index is -0.844. The molecule has 0 bridgehead atoms. The van der Waals surface area contributed by atoms with Crippen LogP contribution in [0.1, 0.15) is 66.2 Å². The van der Waals surface area contributed by atoms with Gasteiger partial charge in [-0.25, -0.2) is 4.79 Å². The molecule has 21 heavy (non-hydrogen) atoms. The molecule has 0 aromatic carbocycles. The van der Waals surface area contributed by atoms with Crippen LogP contribution < -0.4 is 0 Å². The zero-order valence-corrected chi connectivity index (χ0v) is 13.7. The van der Waals surface area contributed by atoms with Crippen LogP contribution in [-0.4, -0.2) is 16.9 Å². The Balaban J connectivity index is 3.99. The average molecular weight is 292 g/mol. The highest BCUT2D eigenvalue weighted by molar-refractivity contribution is 5.85. The molecular weight excluding hydrogens is 264 g/mol. The van der Waals surface area contributed by atoms with Crippen LogP contribution in [0, 0.1) is 0 Å². The highest BCUT2D eigenvalue weighted by Crippen LogP contribution is 2.12. The summed E-state index contributed by atoms with van der Waals surface area (Å²) in [6.45, 7) is 7.42. The Kier molecular flexibility index (Phi) is 10.2. The van der Waals surface area contributed by atoms with Gasteiger partial charge in [0.05, 0.1) is 0 Å². The second-order valence-corrected chi connectivity index (χ2v) is 5.61. The summed E-state index contributed by atoms with van der Waals surface area (Å²) >= 11 is 0. The van der Waals surface area contributed by atoms with Gasteiger partial charge >= 0.3 is 5.97 Å². The van der Waals surface area contributed by atoms with Crippen molar-refractivity contribution < 1.29 is 14.7 Å². The van der Waals surface area contributed by atoms with Gasteiger partial charge in [-0.15, -0.1) is 0 Å². The fourth-order valence-corrected chi connectivity index (χ4v) is 1.88. The van der Waals surface area contributed by atoms with Crippen LogP contribution in [0.5, 0.6) is 0 Å². The van der Waals surface area contributed by atoms with E-state index in [-0.39, 0.29) is 5.78 Å². The van der Waals surface area contributed by atoms with E-state index in [2.05, 4.69) is 26.0 Å². The van der Waals surface area contributed by atoms with Crippen LogP contribution in [0.2, 0.25) is 0 Å². The van der Waals surface area contributed by atoms with E-state index in [1.807, 2.05) is 0 Å². The van der Waals surface area contributed by atoms with Gasteiger partial charge in [0.1, 0.15) is 5.78 Å². The summed E-state index contributed by atoms with van der Waals surface area (Å²) in [6, 6.07) is 0. The first kappa shape index (κ1) is 19.4. The summed E-state index contributed by atoms with van der Waals surface area (Å²) in [5.41, 5.74) is 3.02. The average Bonchev–Trinajstić information content (AvgIpc) is 2.37. The molecule has 0 aromatic rings. The van der Waals surface area contributed by atoms with Crippen molar-refractivity contribution in [2.24, 2.45) is 0 Å². The molecule has 0 fully saturated rings. The highest BCUT2D eigenvalue weighted by Gasteiger charge is 1.98. The van der Waals surface area contributed by atoms with E-state index in [1.165, 1.54) is 11.1 Å². The van der Waals surface area contributed by atoms with Crippen molar-refractivity contribution in [3.05, 3.63) is 34.9 Å². The Morgan fingerprint density at radius 1 is 0.762 bits per heavy atom. The number of hydrogen-bond donors (Lipinski definition) is 1. The Morgan fingerprint density at radius 2 is 1.19 bits per heavy atom. The number of carboxylic acids is 1. The van der Waals surface area contributed by atoms with Crippen molar-refractivity contribution in [1.82, 2.24) is 0 Å². The number of carboxylic acid groups (broad SMARTS) is 1. The third-order valence-electron chi connectivity index (χ3n) is 3.35. The molecule has 0 saturated carbocycles. The molecule has 0 atom stereocenters. The van der Waals surface area contributed by atoms with Gasteiger partial charge in [0.25, 0.3) is 0 Å². The third kappa shape index (κ3) is 11.9. The van der Waals surface area contributed by atoms with Gasteiger partial charge in [0.2, 0.25) is 0 Å². The molecule has 0 aliphatic heterocycles. The minimum absolute atomic E-state index is 0.236. The summed E-state index contributed by atoms with van der Waals surface area (Å²) < 4.78 is 0. The highest BCUT2D eigenvalue weighted by atomic mass is 16.4. The normalized spacial score (nSPS) is 13.4. The van der Waals surface area contributed by atoms with Crippen LogP contribution in [0.4, 0.5) is 0 Å². The van der Waals surface area contributed by atoms with E-state index in [0.717, 1.165) is 32.1 Å². The zero-order valence-electron chi connectivity index (χ0n) is 13.7. The van der Waals surface area contributed by atoms with E-state index >= 15 is 0 Å². The van der Waals surface area contributed by atoms with Crippen LogP contribution in [0.3, 0.4) is 0 Å². The lowest BCUT2D eigenvalue weighted by Crippen LogP contribution is -1.95. The Hall–Kier alpha value is -1.64. The van der Waals surface area contributed by atoms with Crippen molar-refractivity contribution in [3.8, 4) is 0 Å². The lowest BCUT2D eigenvalue weighted by atomic mass is 10.1. The number of allylic oxidation sites excluding steroid dienone is 5. The van der Waals surface area contributed by atoms with E-state index in [4.69, 9.17) is 5.11 Å². The fraction of sp³-hybridized carbons (Fsp3) is 0.556. The SMILES string of the molecule is CC(=O)CC/C=C(\C)CC/C=C(\C)CC/C=C(\C)C(=O)O. The molecule has 1 N–H and O–H groups in total. The number of hydrogen-bond acceptors (Lipinski definition) is 2. The Bertz CT molecular complexity index is 439. The third-order valence-corrected chi connectivity index (χ3v) is 3.35. The van der Waals surface area contributed by atoms with Gasteiger partial charge < -0.3 is 9.90 Å². The van der Waals surface area contributed by atoms with Gasteiger partial charge in [-0.1, -0.05) is 29.4 Å². The molecule has 0 aliphatic rings. The largest absolute Gasteiger partial charge is 0.478 e. The summed E-state index contributed by atoms with van der Waals surface area (Å²) in [5, 5.41) is 8.74. The van der Waals surface area contributed by atoms with E-state index in [1.54, 1.807) is 19.9 Å². The minimum Gasteiger partial charge on any atom is -0.478 e.